The number of rotatable bonds is 1. The molecule has 0 aromatic carbocycles. The fourth-order valence-corrected chi connectivity index (χ4v) is 2.03. The second kappa shape index (κ2) is 2.63. The predicted molar refractivity (Wildman–Crippen MR) is 47.3 cm³/mol. The normalized spacial score (nSPS) is 44.4. The van der Waals surface area contributed by atoms with Gasteiger partial charge in [-0.1, -0.05) is 19.1 Å². The molecule has 1 aliphatic rings. The minimum Gasteiger partial charge on any atom is -0.390 e. The minimum atomic E-state index is -0.455. The van der Waals surface area contributed by atoms with E-state index in [0.717, 1.165) is 12.8 Å². The third kappa shape index (κ3) is 1.48. The Labute approximate surface area is 69.1 Å². The minimum absolute atomic E-state index is 0.375. The molecule has 11 heavy (non-hydrogen) atoms. The van der Waals surface area contributed by atoms with E-state index in [1.54, 1.807) is 0 Å². The van der Waals surface area contributed by atoms with E-state index in [4.69, 9.17) is 0 Å². The van der Waals surface area contributed by atoms with Gasteiger partial charge < -0.3 is 5.11 Å². The van der Waals surface area contributed by atoms with Gasteiger partial charge in [-0.2, -0.15) is 0 Å². The van der Waals surface area contributed by atoms with Crippen LogP contribution in [0.1, 0.15) is 33.6 Å². The molecule has 1 rings (SSSR count). The summed E-state index contributed by atoms with van der Waals surface area (Å²) in [6.45, 7) is 10.0. The van der Waals surface area contributed by atoms with E-state index in [0.29, 0.717) is 11.8 Å². The average molecular weight is 154 g/mol. The summed E-state index contributed by atoms with van der Waals surface area (Å²) in [5.41, 5.74) is 0.763. The van der Waals surface area contributed by atoms with Crippen molar-refractivity contribution in [1.29, 1.82) is 0 Å². The Morgan fingerprint density at radius 3 is 2.36 bits per heavy atom. The zero-order chi connectivity index (χ0) is 8.65. The smallest absolute Gasteiger partial charge is 0.0651 e. The summed E-state index contributed by atoms with van der Waals surface area (Å²) >= 11 is 0. The van der Waals surface area contributed by atoms with Gasteiger partial charge in [-0.25, -0.2) is 0 Å². The third-order valence-corrected chi connectivity index (χ3v) is 3.18. The molecule has 0 heterocycles. The van der Waals surface area contributed by atoms with Gasteiger partial charge in [-0.15, -0.1) is 0 Å². The molecular weight excluding hydrogens is 136 g/mol. The number of aliphatic hydroxyl groups is 1. The molecule has 0 saturated heterocycles. The van der Waals surface area contributed by atoms with Gasteiger partial charge in [0.2, 0.25) is 0 Å². The lowest BCUT2D eigenvalue weighted by Crippen LogP contribution is -2.29. The van der Waals surface area contributed by atoms with Crippen LogP contribution in [-0.4, -0.2) is 10.7 Å². The average Bonchev–Trinajstić information content (AvgIpc) is 2.09. The molecule has 0 spiro atoms. The van der Waals surface area contributed by atoms with Crippen LogP contribution in [0.3, 0.4) is 0 Å². The number of allylic oxidation sites excluding steroid dienone is 1. The Bertz CT molecular complexity index is 170. The second-order valence-corrected chi connectivity index (χ2v) is 4.14. The second-order valence-electron chi connectivity index (χ2n) is 4.14. The lowest BCUT2D eigenvalue weighted by atomic mass is 9.86. The van der Waals surface area contributed by atoms with Crippen LogP contribution < -0.4 is 0 Å². The first kappa shape index (κ1) is 8.79. The van der Waals surface area contributed by atoms with Gasteiger partial charge in [0, 0.05) is 0 Å². The summed E-state index contributed by atoms with van der Waals surface area (Å²) in [7, 11) is 0. The maximum atomic E-state index is 9.84. The SMILES string of the molecule is C=C(C)[C@@H]1CC[C@](C)(O)[C@H]1C. The molecule has 1 N–H and O–H groups in total. The van der Waals surface area contributed by atoms with Crippen molar-refractivity contribution in [2.24, 2.45) is 11.8 Å². The maximum Gasteiger partial charge on any atom is 0.0651 e. The van der Waals surface area contributed by atoms with Gasteiger partial charge in [0.05, 0.1) is 5.60 Å². The standard InChI is InChI=1S/C10H18O/c1-7(2)9-5-6-10(4,11)8(9)3/h8-9,11H,1,5-6H2,2-4H3/t8-,9-,10-/m0/s1. The summed E-state index contributed by atoms with van der Waals surface area (Å²) in [5, 5.41) is 9.84. The van der Waals surface area contributed by atoms with Gasteiger partial charge in [0.25, 0.3) is 0 Å². The molecule has 1 heteroatoms. The fraction of sp³-hybridized carbons (Fsp3) is 0.800. The van der Waals surface area contributed by atoms with Gasteiger partial charge in [-0.3, -0.25) is 0 Å². The highest BCUT2D eigenvalue weighted by Crippen LogP contribution is 2.42. The van der Waals surface area contributed by atoms with E-state index in [2.05, 4.69) is 20.4 Å². The van der Waals surface area contributed by atoms with Crippen molar-refractivity contribution in [3.05, 3.63) is 12.2 Å². The molecule has 0 radical (unpaired) electrons. The summed E-state index contributed by atoms with van der Waals surface area (Å²) in [6, 6.07) is 0. The Morgan fingerprint density at radius 1 is 1.64 bits per heavy atom. The van der Waals surface area contributed by atoms with E-state index < -0.39 is 5.60 Å². The van der Waals surface area contributed by atoms with E-state index in [9.17, 15) is 5.11 Å². The van der Waals surface area contributed by atoms with Crippen LogP contribution in [0.5, 0.6) is 0 Å². The van der Waals surface area contributed by atoms with Crippen LogP contribution in [0.2, 0.25) is 0 Å². The largest absolute Gasteiger partial charge is 0.390 e. The Kier molecular flexibility index (Phi) is 2.10. The molecule has 0 bridgehead atoms. The predicted octanol–water partition coefficient (Wildman–Crippen LogP) is 2.36. The van der Waals surface area contributed by atoms with Gasteiger partial charge in [0.1, 0.15) is 0 Å². The molecule has 1 saturated carbocycles. The van der Waals surface area contributed by atoms with Crippen LogP contribution in [0.25, 0.3) is 0 Å². The monoisotopic (exact) mass is 154 g/mol. The van der Waals surface area contributed by atoms with Gasteiger partial charge in [0.15, 0.2) is 0 Å². The van der Waals surface area contributed by atoms with Crippen molar-refractivity contribution >= 4 is 0 Å². The Morgan fingerprint density at radius 2 is 2.18 bits per heavy atom. The van der Waals surface area contributed by atoms with Crippen molar-refractivity contribution in [3.63, 3.8) is 0 Å². The topological polar surface area (TPSA) is 20.2 Å². The van der Waals surface area contributed by atoms with E-state index in [-0.39, 0.29) is 0 Å². The van der Waals surface area contributed by atoms with Crippen LogP contribution in [0.4, 0.5) is 0 Å². The Balaban J connectivity index is 2.71. The molecule has 1 nitrogen and oxygen atoms in total. The van der Waals surface area contributed by atoms with E-state index >= 15 is 0 Å². The van der Waals surface area contributed by atoms with Crippen molar-refractivity contribution in [2.75, 3.05) is 0 Å². The molecule has 1 aliphatic carbocycles. The summed E-state index contributed by atoms with van der Waals surface area (Å²) in [4.78, 5) is 0. The molecule has 0 amide bonds. The van der Waals surface area contributed by atoms with Crippen molar-refractivity contribution in [2.45, 2.75) is 39.2 Å². The Hall–Kier alpha value is -0.300. The highest BCUT2D eigenvalue weighted by molar-refractivity contribution is 5.06. The van der Waals surface area contributed by atoms with Crippen LogP contribution in [0.15, 0.2) is 12.2 Å². The number of hydrogen-bond donors (Lipinski definition) is 1. The first-order valence-corrected chi connectivity index (χ1v) is 4.33. The summed E-state index contributed by atoms with van der Waals surface area (Å²) < 4.78 is 0. The third-order valence-electron chi connectivity index (χ3n) is 3.18. The van der Waals surface area contributed by atoms with Gasteiger partial charge in [-0.05, 0) is 38.5 Å². The molecule has 0 unspecified atom stereocenters. The van der Waals surface area contributed by atoms with Crippen molar-refractivity contribution in [3.8, 4) is 0 Å². The molecule has 3 atom stereocenters. The molecule has 0 aliphatic heterocycles. The quantitative estimate of drug-likeness (QED) is 0.575. The fourth-order valence-electron chi connectivity index (χ4n) is 2.03. The van der Waals surface area contributed by atoms with Crippen molar-refractivity contribution in [1.82, 2.24) is 0 Å². The highest BCUT2D eigenvalue weighted by Gasteiger charge is 2.40. The summed E-state index contributed by atoms with van der Waals surface area (Å²) in [5.74, 6) is 0.907. The molecule has 1 fully saturated rings. The molecule has 0 aromatic rings. The van der Waals surface area contributed by atoms with Crippen LogP contribution in [0, 0.1) is 11.8 Å². The highest BCUT2D eigenvalue weighted by atomic mass is 16.3. The molecule has 64 valence electrons. The summed E-state index contributed by atoms with van der Waals surface area (Å²) in [6.07, 6.45) is 2.02. The molecule has 0 aromatic heterocycles. The zero-order valence-corrected chi connectivity index (χ0v) is 7.72. The van der Waals surface area contributed by atoms with E-state index in [1.807, 2.05) is 6.92 Å². The van der Waals surface area contributed by atoms with Crippen LogP contribution in [-0.2, 0) is 0 Å². The lowest BCUT2D eigenvalue weighted by Gasteiger charge is -2.25. The maximum absolute atomic E-state index is 9.84. The first-order chi connectivity index (χ1) is 4.95. The van der Waals surface area contributed by atoms with E-state index in [1.165, 1.54) is 5.57 Å². The van der Waals surface area contributed by atoms with Crippen molar-refractivity contribution < 1.29 is 5.11 Å². The number of hydrogen-bond acceptors (Lipinski definition) is 1. The van der Waals surface area contributed by atoms with Gasteiger partial charge >= 0.3 is 0 Å². The first-order valence-electron chi connectivity index (χ1n) is 4.33. The molecular formula is C10H18O. The lowest BCUT2D eigenvalue weighted by molar-refractivity contribution is 0.0217. The van der Waals surface area contributed by atoms with Crippen LogP contribution >= 0.6 is 0 Å². The zero-order valence-electron chi connectivity index (χ0n) is 7.72.